The Morgan fingerprint density at radius 1 is 1.14 bits per heavy atom. The van der Waals surface area contributed by atoms with Gasteiger partial charge in [-0.05, 0) is 25.3 Å². The number of halogens is 3. The Bertz CT molecular complexity index is 974. The van der Waals surface area contributed by atoms with Gasteiger partial charge in [0, 0.05) is 18.0 Å². The molecule has 2 heterocycles. The lowest BCUT2D eigenvalue weighted by Gasteiger charge is -2.41. The van der Waals surface area contributed by atoms with Gasteiger partial charge in [0.1, 0.15) is 5.60 Å². The molecule has 4 rings (SSSR count). The van der Waals surface area contributed by atoms with E-state index in [0.717, 1.165) is 6.42 Å². The zero-order valence-corrected chi connectivity index (χ0v) is 14.7. The Kier molecular flexibility index (Phi) is 4.62. The Morgan fingerprint density at radius 2 is 1.89 bits per heavy atom. The normalized spacial score (nSPS) is 15.3. The fourth-order valence-corrected chi connectivity index (χ4v) is 3.04. The van der Waals surface area contributed by atoms with Crippen LogP contribution in [0.5, 0.6) is 11.8 Å². The van der Waals surface area contributed by atoms with E-state index in [-0.39, 0.29) is 23.2 Å². The summed E-state index contributed by atoms with van der Waals surface area (Å²) in [5, 5.41) is 6.79. The zero-order chi connectivity index (χ0) is 19.7. The molecule has 0 bridgehead atoms. The van der Waals surface area contributed by atoms with E-state index in [1.54, 1.807) is 12.1 Å². The van der Waals surface area contributed by atoms with Crippen LogP contribution >= 0.6 is 0 Å². The maximum absolute atomic E-state index is 14.7. The standard InChI is InChI=1S/C18H15F3N4O3/c1-26-12-5-2-4-11(13(12)19)18(6-3-7-18)28-17-22-8-10(9-23-17)15-24-25-16(27-15)14(20)21/h2,4-5,8-9,14H,3,6-7H2,1H3. The molecule has 0 aliphatic heterocycles. The molecule has 0 amide bonds. The minimum Gasteiger partial charge on any atom is -0.494 e. The minimum absolute atomic E-state index is 0.0271. The van der Waals surface area contributed by atoms with Gasteiger partial charge in [0.15, 0.2) is 11.6 Å². The summed E-state index contributed by atoms with van der Waals surface area (Å²) >= 11 is 0. The second-order valence-corrected chi connectivity index (χ2v) is 6.27. The highest BCUT2D eigenvalue weighted by Gasteiger charge is 2.44. The van der Waals surface area contributed by atoms with Gasteiger partial charge in [0.2, 0.25) is 0 Å². The van der Waals surface area contributed by atoms with E-state index in [9.17, 15) is 13.2 Å². The number of methoxy groups -OCH3 is 1. The molecule has 1 aliphatic rings. The SMILES string of the molecule is COc1cccc(C2(Oc3ncc(-c4nnc(C(F)F)o4)cn3)CCC2)c1F. The fourth-order valence-electron chi connectivity index (χ4n) is 3.04. The molecule has 0 N–H and O–H groups in total. The minimum atomic E-state index is -2.86. The molecule has 0 atom stereocenters. The van der Waals surface area contributed by atoms with Gasteiger partial charge in [-0.25, -0.2) is 14.4 Å². The summed E-state index contributed by atoms with van der Waals surface area (Å²) in [6.45, 7) is 0. The van der Waals surface area contributed by atoms with Crippen LogP contribution in [0.3, 0.4) is 0 Å². The van der Waals surface area contributed by atoms with Gasteiger partial charge < -0.3 is 13.9 Å². The van der Waals surface area contributed by atoms with Gasteiger partial charge in [-0.2, -0.15) is 8.78 Å². The first kappa shape index (κ1) is 18.2. The monoisotopic (exact) mass is 392 g/mol. The smallest absolute Gasteiger partial charge is 0.317 e. The van der Waals surface area contributed by atoms with E-state index in [1.807, 2.05) is 0 Å². The molecule has 1 fully saturated rings. The molecule has 0 saturated heterocycles. The Balaban J connectivity index is 1.58. The quantitative estimate of drug-likeness (QED) is 0.625. The number of alkyl halides is 2. The van der Waals surface area contributed by atoms with Crippen molar-refractivity contribution in [3.63, 3.8) is 0 Å². The molecule has 0 spiro atoms. The third-order valence-corrected chi connectivity index (χ3v) is 4.62. The highest BCUT2D eigenvalue weighted by atomic mass is 19.3. The predicted octanol–water partition coefficient (Wildman–Crippen LogP) is 4.07. The molecule has 3 aromatic rings. The third-order valence-electron chi connectivity index (χ3n) is 4.62. The number of rotatable bonds is 6. The average molecular weight is 392 g/mol. The van der Waals surface area contributed by atoms with Crippen molar-refractivity contribution >= 4 is 0 Å². The first-order valence-corrected chi connectivity index (χ1v) is 8.48. The number of benzene rings is 1. The predicted molar refractivity (Wildman–Crippen MR) is 89.4 cm³/mol. The van der Waals surface area contributed by atoms with Gasteiger partial charge in [0.25, 0.3) is 11.8 Å². The van der Waals surface area contributed by atoms with E-state index >= 15 is 0 Å². The number of nitrogens with zero attached hydrogens (tertiary/aromatic N) is 4. The molecule has 146 valence electrons. The van der Waals surface area contributed by atoms with Crippen LogP contribution in [0.1, 0.15) is 37.1 Å². The van der Waals surface area contributed by atoms with Crippen molar-refractivity contribution in [2.75, 3.05) is 7.11 Å². The molecular formula is C18H15F3N4O3. The lowest BCUT2D eigenvalue weighted by Crippen LogP contribution is -2.41. The molecule has 28 heavy (non-hydrogen) atoms. The number of hydrogen-bond acceptors (Lipinski definition) is 7. The fraction of sp³-hybridized carbons (Fsp3) is 0.333. The molecular weight excluding hydrogens is 377 g/mol. The topological polar surface area (TPSA) is 83.2 Å². The van der Waals surface area contributed by atoms with Gasteiger partial charge in [-0.3, -0.25) is 0 Å². The van der Waals surface area contributed by atoms with Crippen molar-refractivity contribution in [2.45, 2.75) is 31.3 Å². The Morgan fingerprint density at radius 3 is 2.46 bits per heavy atom. The maximum atomic E-state index is 14.7. The first-order valence-electron chi connectivity index (χ1n) is 8.48. The van der Waals surface area contributed by atoms with Crippen molar-refractivity contribution < 1.29 is 27.1 Å². The van der Waals surface area contributed by atoms with Crippen LogP contribution in [0.2, 0.25) is 0 Å². The second-order valence-electron chi connectivity index (χ2n) is 6.27. The van der Waals surface area contributed by atoms with Crippen LogP contribution in [0, 0.1) is 5.82 Å². The molecule has 1 aliphatic carbocycles. The molecule has 2 aromatic heterocycles. The zero-order valence-electron chi connectivity index (χ0n) is 14.7. The molecule has 1 saturated carbocycles. The lowest BCUT2D eigenvalue weighted by molar-refractivity contribution is -0.0234. The lowest BCUT2D eigenvalue weighted by atomic mass is 9.74. The van der Waals surface area contributed by atoms with Crippen molar-refractivity contribution in [3.8, 4) is 23.2 Å². The number of hydrogen-bond donors (Lipinski definition) is 0. The maximum Gasteiger partial charge on any atom is 0.317 e. The largest absolute Gasteiger partial charge is 0.494 e. The van der Waals surface area contributed by atoms with Crippen LogP contribution in [0.15, 0.2) is 35.0 Å². The Labute approximate surface area is 157 Å². The van der Waals surface area contributed by atoms with E-state index in [0.29, 0.717) is 18.4 Å². The second kappa shape index (κ2) is 7.10. The summed E-state index contributed by atoms with van der Waals surface area (Å²) in [5.41, 5.74) is -0.237. The first-order chi connectivity index (χ1) is 13.5. The van der Waals surface area contributed by atoms with Gasteiger partial charge in [0.05, 0.1) is 12.7 Å². The average Bonchev–Trinajstić information content (AvgIpc) is 3.16. The highest BCUT2D eigenvalue weighted by Crippen LogP contribution is 2.46. The highest BCUT2D eigenvalue weighted by molar-refractivity contribution is 5.49. The summed E-state index contributed by atoms with van der Waals surface area (Å²) in [5.74, 6) is -1.25. The molecule has 0 radical (unpaired) electrons. The van der Waals surface area contributed by atoms with Gasteiger partial charge >= 0.3 is 12.4 Å². The summed E-state index contributed by atoms with van der Waals surface area (Å²) in [6, 6.07) is 4.91. The van der Waals surface area contributed by atoms with Gasteiger partial charge in [-0.1, -0.05) is 12.1 Å². The molecule has 1 aromatic carbocycles. The van der Waals surface area contributed by atoms with Crippen LogP contribution < -0.4 is 9.47 Å². The summed E-state index contributed by atoms with van der Waals surface area (Å²) in [4.78, 5) is 8.14. The number of ether oxygens (including phenoxy) is 2. The van der Waals surface area contributed by atoms with Gasteiger partial charge in [-0.15, -0.1) is 10.2 Å². The number of aromatic nitrogens is 4. The van der Waals surface area contributed by atoms with E-state index in [2.05, 4.69) is 20.2 Å². The van der Waals surface area contributed by atoms with Crippen molar-refractivity contribution in [3.05, 3.63) is 47.9 Å². The van der Waals surface area contributed by atoms with Crippen molar-refractivity contribution in [2.24, 2.45) is 0 Å². The van der Waals surface area contributed by atoms with Crippen LogP contribution in [0.4, 0.5) is 13.2 Å². The molecule has 10 heteroatoms. The van der Waals surface area contributed by atoms with Crippen molar-refractivity contribution in [1.29, 1.82) is 0 Å². The van der Waals surface area contributed by atoms with Crippen molar-refractivity contribution in [1.82, 2.24) is 20.2 Å². The third kappa shape index (κ3) is 3.14. The Hall–Kier alpha value is -3.17. The van der Waals surface area contributed by atoms with E-state index in [4.69, 9.17) is 13.9 Å². The summed E-state index contributed by atoms with van der Waals surface area (Å²) in [6.07, 6.45) is 1.85. The molecule has 7 nitrogen and oxygen atoms in total. The summed E-state index contributed by atoms with van der Waals surface area (Å²) < 4.78 is 55.7. The van der Waals surface area contributed by atoms with Crippen LogP contribution in [-0.2, 0) is 5.60 Å². The van der Waals surface area contributed by atoms with Crippen LogP contribution in [-0.4, -0.2) is 27.3 Å². The van der Waals surface area contributed by atoms with Crippen LogP contribution in [0.25, 0.3) is 11.5 Å². The summed E-state index contributed by atoms with van der Waals surface area (Å²) in [7, 11) is 1.40. The molecule has 0 unspecified atom stereocenters. The van der Waals surface area contributed by atoms with E-state index in [1.165, 1.54) is 25.6 Å². The van der Waals surface area contributed by atoms with E-state index < -0.39 is 23.7 Å².